The summed E-state index contributed by atoms with van der Waals surface area (Å²) >= 11 is 0. The molecule has 1 heterocycles. The van der Waals surface area contributed by atoms with Crippen molar-refractivity contribution in [2.24, 2.45) is 4.99 Å². The summed E-state index contributed by atoms with van der Waals surface area (Å²) in [5.41, 5.74) is 1.98. The van der Waals surface area contributed by atoms with E-state index in [1.165, 1.54) is 7.11 Å². The second-order valence-corrected chi connectivity index (χ2v) is 5.18. The first-order chi connectivity index (χ1) is 12.1. The van der Waals surface area contributed by atoms with Crippen LogP contribution in [0.15, 0.2) is 59.2 Å². The Kier molecular flexibility index (Phi) is 4.61. The Morgan fingerprint density at radius 2 is 1.88 bits per heavy atom. The largest absolute Gasteiger partial charge is 0.497 e. The average molecular weight is 337 g/mol. The van der Waals surface area contributed by atoms with Crippen molar-refractivity contribution in [2.45, 2.75) is 0 Å². The summed E-state index contributed by atoms with van der Waals surface area (Å²) in [6.45, 7) is 0. The molecule has 0 unspecified atom stereocenters. The van der Waals surface area contributed by atoms with Gasteiger partial charge in [0.1, 0.15) is 5.75 Å². The minimum atomic E-state index is -0.533. The van der Waals surface area contributed by atoms with Crippen LogP contribution in [0.3, 0.4) is 0 Å². The van der Waals surface area contributed by atoms with Gasteiger partial charge in [-0.2, -0.15) is 0 Å². The van der Waals surface area contributed by atoms with Gasteiger partial charge in [-0.15, -0.1) is 0 Å². The fourth-order valence-electron chi connectivity index (χ4n) is 2.28. The maximum atomic E-state index is 12.0. The molecule has 2 aromatic carbocycles. The summed E-state index contributed by atoms with van der Waals surface area (Å²) in [6.07, 6.45) is 1.59. The van der Waals surface area contributed by atoms with E-state index in [1.807, 2.05) is 0 Å². The maximum Gasteiger partial charge on any atom is 0.363 e. The summed E-state index contributed by atoms with van der Waals surface area (Å²) in [4.78, 5) is 27.7. The first-order valence-electron chi connectivity index (χ1n) is 7.46. The summed E-state index contributed by atoms with van der Waals surface area (Å²) in [6, 6.07) is 13.7. The summed E-state index contributed by atoms with van der Waals surface area (Å²) in [5.74, 6) is -0.0823. The molecule has 0 bridgehead atoms. The zero-order chi connectivity index (χ0) is 17.8. The molecule has 3 rings (SSSR count). The van der Waals surface area contributed by atoms with Gasteiger partial charge in [0, 0.05) is 5.56 Å². The van der Waals surface area contributed by atoms with Crippen LogP contribution in [0.25, 0.3) is 6.08 Å². The number of cyclic esters (lactones) is 1. The third kappa shape index (κ3) is 3.58. The maximum absolute atomic E-state index is 12.0. The number of esters is 2. The highest BCUT2D eigenvalue weighted by molar-refractivity contribution is 6.13. The number of aliphatic imine (C=N–C) groups is 1. The predicted octanol–water partition coefficient (Wildman–Crippen LogP) is 2.83. The molecular weight excluding hydrogens is 322 g/mol. The second kappa shape index (κ2) is 7.00. The number of hydrogen-bond donors (Lipinski definition) is 0. The van der Waals surface area contributed by atoms with E-state index in [2.05, 4.69) is 9.73 Å². The number of nitrogens with zero attached hydrogens (tertiary/aromatic N) is 1. The topological polar surface area (TPSA) is 74.2 Å². The van der Waals surface area contributed by atoms with Crippen LogP contribution in [0.4, 0.5) is 0 Å². The average Bonchev–Trinajstić information content (AvgIpc) is 3.02. The first kappa shape index (κ1) is 16.4. The van der Waals surface area contributed by atoms with Crippen molar-refractivity contribution in [3.63, 3.8) is 0 Å². The first-order valence-corrected chi connectivity index (χ1v) is 7.46. The molecule has 6 heteroatoms. The van der Waals surface area contributed by atoms with E-state index in [1.54, 1.807) is 61.7 Å². The van der Waals surface area contributed by atoms with Crippen LogP contribution < -0.4 is 4.74 Å². The van der Waals surface area contributed by atoms with Crippen LogP contribution in [0.5, 0.6) is 5.75 Å². The van der Waals surface area contributed by atoms with Gasteiger partial charge in [-0.05, 0) is 42.0 Å². The molecule has 0 saturated heterocycles. The summed E-state index contributed by atoms with van der Waals surface area (Å²) < 4.78 is 15.0. The molecule has 2 aromatic rings. The summed E-state index contributed by atoms with van der Waals surface area (Å²) in [5, 5.41) is 0. The monoisotopic (exact) mass is 337 g/mol. The number of benzene rings is 2. The molecule has 0 spiro atoms. The van der Waals surface area contributed by atoms with Crippen molar-refractivity contribution in [1.82, 2.24) is 0 Å². The fraction of sp³-hybridized carbons (Fsp3) is 0.105. The van der Waals surface area contributed by atoms with Gasteiger partial charge in [0.05, 0.1) is 19.8 Å². The third-order valence-corrected chi connectivity index (χ3v) is 3.57. The third-order valence-electron chi connectivity index (χ3n) is 3.57. The Morgan fingerprint density at radius 1 is 1.12 bits per heavy atom. The molecule has 6 nitrogen and oxygen atoms in total. The normalized spacial score (nSPS) is 14.9. The Bertz CT molecular complexity index is 881. The SMILES string of the molecule is COC(=O)c1ccc(C=C2N=C(c3cccc(OC)c3)OC2=O)cc1. The van der Waals surface area contributed by atoms with E-state index in [-0.39, 0.29) is 11.6 Å². The minimum Gasteiger partial charge on any atom is -0.497 e. The number of rotatable bonds is 4. The van der Waals surface area contributed by atoms with E-state index in [9.17, 15) is 9.59 Å². The lowest BCUT2D eigenvalue weighted by Crippen LogP contribution is -2.05. The molecule has 0 aromatic heterocycles. The molecule has 126 valence electrons. The van der Waals surface area contributed by atoms with Gasteiger partial charge < -0.3 is 14.2 Å². The Labute approximate surface area is 144 Å². The van der Waals surface area contributed by atoms with Crippen molar-refractivity contribution in [2.75, 3.05) is 14.2 Å². The Morgan fingerprint density at radius 3 is 2.56 bits per heavy atom. The number of methoxy groups -OCH3 is 2. The molecule has 0 saturated carbocycles. The number of carbonyl (C=O) groups excluding carboxylic acids is 2. The van der Waals surface area contributed by atoms with Gasteiger partial charge in [0.2, 0.25) is 5.90 Å². The van der Waals surface area contributed by atoms with E-state index >= 15 is 0 Å². The number of hydrogen-bond acceptors (Lipinski definition) is 6. The fourth-order valence-corrected chi connectivity index (χ4v) is 2.28. The highest BCUT2D eigenvalue weighted by Crippen LogP contribution is 2.21. The van der Waals surface area contributed by atoms with Gasteiger partial charge in [-0.25, -0.2) is 14.6 Å². The lowest BCUT2D eigenvalue weighted by Gasteiger charge is -2.02. The van der Waals surface area contributed by atoms with Crippen LogP contribution in [0.1, 0.15) is 21.5 Å². The van der Waals surface area contributed by atoms with E-state index in [0.717, 1.165) is 5.56 Å². The summed E-state index contributed by atoms with van der Waals surface area (Å²) in [7, 11) is 2.88. The predicted molar refractivity (Wildman–Crippen MR) is 91.4 cm³/mol. The molecule has 0 N–H and O–H groups in total. The van der Waals surface area contributed by atoms with Crippen molar-refractivity contribution >= 4 is 23.9 Å². The molecule has 0 atom stereocenters. The van der Waals surface area contributed by atoms with Crippen molar-refractivity contribution in [3.8, 4) is 5.75 Å². The van der Waals surface area contributed by atoms with Crippen LogP contribution in [-0.2, 0) is 14.3 Å². The standard InChI is InChI=1S/C19H15NO5/c1-23-15-5-3-4-14(11-15)17-20-16(19(22)25-17)10-12-6-8-13(9-7-12)18(21)24-2/h3-11H,1-2H3. The van der Waals surface area contributed by atoms with Gasteiger partial charge in [0.25, 0.3) is 0 Å². The number of ether oxygens (including phenoxy) is 3. The van der Waals surface area contributed by atoms with Crippen LogP contribution in [-0.4, -0.2) is 32.1 Å². The lowest BCUT2D eigenvalue weighted by atomic mass is 10.1. The van der Waals surface area contributed by atoms with Crippen molar-refractivity contribution < 1.29 is 23.8 Å². The molecule has 0 amide bonds. The zero-order valence-electron chi connectivity index (χ0n) is 13.7. The van der Waals surface area contributed by atoms with Crippen molar-refractivity contribution in [3.05, 3.63) is 70.9 Å². The Hall–Kier alpha value is -3.41. The zero-order valence-corrected chi connectivity index (χ0v) is 13.7. The molecule has 0 radical (unpaired) electrons. The van der Waals surface area contributed by atoms with Gasteiger partial charge in [-0.1, -0.05) is 18.2 Å². The molecule has 0 fully saturated rings. The van der Waals surface area contributed by atoms with Gasteiger partial charge >= 0.3 is 11.9 Å². The van der Waals surface area contributed by atoms with Crippen LogP contribution >= 0.6 is 0 Å². The highest BCUT2D eigenvalue weighted by Gasteiger charge is 2.24. The molecule has 1 aliphatic rings. The van der Waals surface area contributed by atoms with Crippen LogP contribution in [0.2, 0.25) is 0 Å². The minimum absolute atomic E-state index is 0.184. The lowest BCUT2D eigenvalue weighted by molar-refractivity contribution is -0.129. The number of carbonyl (C=O) groups is 2. The molecular formula is C19H15NO5. The Balaban J connectivity index is 1.86. The van der Waals surface area contributed by atoms with Gasteiger partial charge in [-0.3, -0.25) is 0 Å². The smallest absolute Gasteiger partial charge is 0.363 e. The molecule has 0 aliphatic carbocycles. The van der Waals surface area contributed by atoms with Crippen molar-refractivity contribution in [1.29, 1.82) is 0 Å². The quantitative estimate of drug-likeness (QED) is 0.633. The molecule has 25 heavy (non-hydrogen) atoms. The van der Waals surface area contributed by atoms with E-state index in [4.69, 9.17) is 9.47 Å². The van der Waals surface area contributed by atoms with Crippen LogP contribution in [0, 0.1) is 0 Å². The van der Waals surface area contributed by atoms with E-state index < -0.39 is 11.9 Å². The second-order valence-electron chi connectivity index (χ2n) is 5.18. The van der Waals surface area contributed by atoms with E-state index in [0.29, 0.717) is 16.9 Å². The van der Waals surface area contributed by atoms with Gasteiger partial charge in [0.15, 0.2) is 5.70 Å². The highest BCUT2D eigenvalue weighted by atomic mass is 16.6. The molecule has 1 aliphatic heterocycles.